The molecule has 0 atom stereocenters. The van der Waals surface area contributed by atoms with Gasteiger partial charge in [0.25, 0.3) is 5.56 Å². The molecule has 2 aromatic carbocycles. The average Bonchev–Trinajstić information content (AvgIpc) is 2.77. The van der Waals surface area contributed by atoms with Crippen LogP contribution in [0.4, 0.5) is 0 Å². The molecule has 10 heteroatoms. The van der Waals surface area contributed by atoms with Gasteiger partial charge in [0.1, 0.15) is 10.6 Å². The van der Waals surface area contributed by atoms with Crippen molar-refractivity contribution in [1.82, 2.24) is 9.78 Å². The van der Waals surface area contributed by atoms with E-state index < -0.39 is 33.1 Å². The first-order valence-corrected chi connectivity index (χ1v) is 11.9. The lowest BCUT2D eigenvalue weighted by Crippen LogP contribution is -2.26. The van der Waals surface area contributed by atoms with E-state index in [1.54, 1.807) is 58.9 Å². The highest BCUT2D eigenvalue weighted by atomic mass is 32.2. The molecule has 3 rings (SSSR count). The van der Waals surface area contributed by atoms with Crippen LogP contribution >= 0.6 is 0 Å². The molecule has 0 spiro atoms. The maximum atomic E-state index is 13.2. The molecule has 0 bridgehead atoms. The van der Waals surface area contributed by atoms with Crippen LogP contribution in [0.1, 0.15) is 39.7 Å². The highest BCUT2D eigenvalue weighted by Gasteiger charge is 2.28. The summed E-state index contributed by atoms with van der Waals surface area (Å²) in [4.78, 5) is 25.4. The van der Waals surface area contributed by atoms with Gasteiger partial charge in [0.15, 0.2) is 5.75 Å². The zero-order valence-electron chi connectivity index (χ0n) is 19.8. The van der Waals surface area contributed by atoms with Crippen LogP contribution in [0.3, 0.4) is 0 Å². The maximum absolute atomic E-state index is 13.2. The van der Waals surface area contributed by atoms with Gasteiger partial charge in [-0.25, -0.2) is 4.79 Å². The minimum Gasteiger partial charge on any atom is -0.496 e. The Morgan fingerprint density at radius 1 is 1.03 bits per heavy atom. The number of ether oxygens (including phenoxy) is 2. The van der Waals surface area contributed by atoms with E-state index in [-0.39, 0.29) is 11.5 Å². The lowest BCUT2D eigenvalue weighted by molar-refractivity contribution is 0.0515. The van der Waals surface area contributed by atoms with Gasteiger partial charge in [0.05, 0.1) is 25.5 Å². The third-order valence-corrected chi connectivity index (χ3v) is 6.72. The molecule has 0 aliphatic carbocycles. The van der Waals surface area contributed by atoms with Gasteiger partial charge in [-0.05, 0) is 69.0 Å². The monoisotopic (exact) mass is 486 g/mol. The highest BCUT2D eigenvalue weighted by Crippen LogP contribution is 2.32. The Kier molecular flexibility index (Phi) is 7.11. The fourth-order valence-corrected chi connectivity index (χ4v) is 4.88. The van der Waals surface area contributed by atoms with Crippen LogP contribution in [0.5, 0.6) is 11.5 Å². The molecule has 34 heavy (non-hydrogen) atoms. The van der Waals surface area contributed by atoms with Crippen LogP contribution in [0.15, 0.2) is 46.1 Å². The summed E-state index contributed by atoms with van der Waals surface area (Å²) in [6.07, 6.45) is 0. The summed E-state index contributed by atoms with van der Waals surface area (Å²) in [5.74, 6) is -0.876. The third kappa shape index (κ3) is 4.67. The first-order chi connectivity index (χ1) is 16.0. The Hall–Kier alpha value is -3.66. The van der Waals surface area contributed by atoms with Crippen molar-refractivity contribution in [3.63, 3.8) is 0 Å². The van der Waals surface area contributed by atoms with Crippen molar-refractivity contribution in [1.29, 1.82) is 0 Å². The van der Waals surface area contributed by atoms with Crippen LogP contribution in [0.25, 0.3) is 5.69 Å². The van der Waals surface area contributed by atoms with Crippen LogP contribution in [0, 0.1) is 27.7 Å². The van der Waals surface area contributed by atoms with E-state index in [9.17, 15) is 18.0 Å². The molecule has 180 valence electrons. The number of aromatic nitrogens is 2. The van der Waals surface area contributed by atoms with Crippen molar-refractivity contribution in [3.8, 4) is 17.2 Å². The molecule has 0 saturated carbocycles. The van der Waals surface area contributed by atoms with Crippen LogP contribution < -0.4 is 14.5 Å². The zero-order chi connectivity index (χ0) is 25.2. The molecule has 0 aliphatic heterocycles. The summed E-state index contributed by atoms with van der Waals surface area (Å²) < 4.78 is 43.2. The molecular weight excluding hydrogens is 460 g/mol. The SMILES string of the molecule is CCOC(=O)c1nn(-c2ccccc2C)c(=O)cc1OS(=O)(=O)c1cc(C)c(OC)c(C)c1C. The van der Waals surface area contributed by atoms with E-state index in [1.807, 2.05) is 0 Å². The molecule has 1 heterocycles. The average molecular weight is 487 g/mol. The van der Waals surface area contributed by atoms with Gasteiger partial charge in [0, 0.05) is 0 Å². The molecule has 0 fully saturated rings. The quantitative estimate of drug-likeness (QED) is 0.369. The minimum absolute atomic E-state index is 0.0200. The number of hydrogen-bond acceptors (Lipinski definition) is 8. The molecule has 0 saturated heterocycles. The summed E-state index contributed by atoms with van der Waals surface area (Å²) in [5.41, 5.74) is 1.69. The number of nitrogens with zero attached hydrogens (tertiary/aromatic N) is 2. The Balaban J connectivity index is 2.18. The summed E-state index contributed by atoms with van der Waals surface area (Å²) in [5, 5.41) is 4.10. The van der Waals surface area contributed by atoms with Crippen molar-refractivity contribution >= 4 is 16.1 Å². The van der Waals surface area contributed by atoms with Crippen LogP contribution in [0.2, 0.25) is 0 Å². The van der Waals surface area contributed by atoms with Crippen LogP contribution in [-0.2, 0) is 14.9 Å². The highest BCUT2D eigenvalue weighted by molar-refractivity contribution is 7.87. The lowest BCUT2D eigenvalue weighted by atomic mass is 10.1. The Morgan fingerprint density at radius 2 is 1.71 bits per heavy atom. The summed E-state index contributed by atoms with van der Waals surface area (Å²) in [7, 11) is -2.94. The standard InChI is InChI=1S/C24H26N2O7S/c1-7-32-24(28)22-19(13-21(27)26(25-22)18-11-9-8-10-14(18)2)33-34(29,30)20-12-15(3)23(31-6)17(5)16(20)4/h8-13H,7H2,1-6H3. The fourth-order valence-electron chi connectivity index (χ4n) is 3.58. The van der Waals surface area contributed by atoms with E-state index in [0.29, 0.717) is 28.1 Å². The van der Waals surface area contributed by atoms with Gasteiger partial charge >= 0.3 is 16.1 Å². The van der Waals surface area contributed by atoms with Crippen molar-refractivity contribution in [2.45, 2.75) is 39.5 Å². The number of hydrogen-bond donors (Lipinski definition) is 0. The summed E-state index contributed by atoms with van der Waals surface area (Å²) >= 11 is 0. The molecule has 0 N–H and O–H groups in total. The number of aryl methyl sites for hydroxylation is 2. The number of benzene rings is 2. The van der Waals surface area contributed by atoms with E-state index in [0.717, 1.165) is 16.3 Å². The summed E-state index contributed by atoms with van der Waals surface area (Å²) in [6, 6.07) is 9.28. The first kappa shape index (κ1) is 25.0. The number of methoxy groups -OCH3 is 1. The number of carbonyl (C=O) groups excluding carboxylic acids is 1. The van der Waals surface area contributed by atoms with Gasteiger partial charge in [0.2, 0.25) is 5.69 Å². The lowest BCUT2D eigenvalue weighted by Gasteiger charge is -2.17. The molecule has 1 aromatic heterocycles. The smallest absolute Gasteiger partial charge is 0.362 e. The third-order valence-electron chi connectivity index (χ3n) is 5.36. The summed E-state index contributed by atoms with van der Waals surface area (Å²) in [6.45, 7) is 8.45. The predicted octanol–water partition coefficient (Wildman–Crippen LogP) is 3.42. The molecule has 0 radical (unpaired) electrons. The zero-order valence-corrected chi connectivity index (χ0v) is 20.6. The van der Waals surface area contributed by atoms with Gasteiger partial charge in [-0.1, -0.05) is 18.2 Å². The Bertz CT molecular complexity index is 1430. The van der Waals surface area contributed by atoms with E-state index in [2.05, 4.69) is 5.10 Å². The number of esters is 1. The van der Waals surface area contributed by atoms with Crippen LogP contribution in [-0.4, -0.2) is 37.9 Å². The predicted molar refractivity (Wildman–Crippen MR) is 126 cm³/mol. The van der Waals surface area contributed by atoms with Gasteiger partial charge < -0.3 is 13.7 Å². The topological polar surface area (TPSA) is 114 Å². The second-order valence-corrected chi connectivity index (χ2v) is 9.14. The van der Waals surface area contributed by atoms with Crippen molar-refractivity contribution in [2.24, 2.45) is 0 Å². The fraction of sp³-hybridized carbons (Fsp3) is 0.292. The Labute approximate surface area is 198 Å². The normalized spacial score (nSPS) is 11.2. The molecule has 3 aromatic rings. The van der Waals surface area contributed by atoms with Crippen molar-refractivity contribution in [2.75, 3.05) is 13.7 Å². The second kappa shape index (κ2) is 9.68. The molecular formula is C24H26N2O7S. The minimum atomic E-state index is -4.44. The first-order valence-electron chi connectivity index (χ1n) is 10.5. The van der Waals surface area contributed by atoms with Gasteiger partial charge in [-0.2, -0.15) is 18.2 Å². The van der Waals surface area contributed by atoms with E-state index >= 15 is 0 Å². The molecule has 9 nitrogen and oxygen atoms in total. The number of para-hydroxylation sites is 1. The largest absolute Gasteiger partial charge is 0.496 e. The van der Waals surface area contributed by atoms with E-state index in [4.69, 9.17) is 13.7 Å². The Morgan fingerprint density at radius 3 is 2.32 bits per heavy atom. The van der Waals surface area contributed by atoms with Gasteiger partial charge in [-0.3, -0.25) is 4.79 Å². The van der Waals surface area contributed by atoms with Crippen molar-refractivity contribution < 1.29 is 26.9 Å². The maximum Gasteiger partial charge on any atom is 0.362 e. The molecule has 0 amide bonds. The second-order valence-electron chi connectivity index (χ2n) is 7.63. The number of carbonyl (C=O) groups is 1. The van der Waals surface area contributed by atoms with E-state index in [1.165, 1.54) is 13.2 Å². The number of rotatable bonds is 7. The van der Waals surface area contributed by atoms with Gasteiger partial charge in [-0.15, -0.1) is 0 Å². The molecule has 0 aliphatic rings. The molecule has 0 unspecified atom stereocenters. The van der Waals surface area contributed by atoms with Crippen molar-refractivity contribution in [3.05, 3.63) is 74.7 Å².